The van der Waals surface area contributed by atoms with Crippen molar-refractivity contribution < 1.29 is 14.0 Å². The second kappa shape index (κ2) is 16.0. The minimum atomic E-state index is -1.82. The average molecular weight is 621 g/mol. The van der Waals surface area contributed by atoms with Crippen LogP contribution in [0.5, 0.6) is 5.75 Å². The molecular weight excluding hydrogens is 573 g/mol. The maximum absolute atomic E-state index is 12.7. The van der Waals surface area contributed by atoms with E-state index in [0.29, 0.717) is 11.1 Å². The zero-order chi connectivity index (χ0) is 31.4. The first-order valence-electron chi connectivity index (χ1n) is 16.2. The summed E-state index contributed by atoms with van der Waals surface area (Å²) in [5, 5.41) is 0. The fraction of sp³-hybridized carbons (Fsp3) is 0.333. The zero-order valence-corrected chi connectivity index (χ0v) is 29.0. The van der Waals surface area contributed by atoms with E-state index in [1.165, 1.54) is 56.2 Å². The predicted octanol–water partition coefficient (Wildman–Crippen LogP) is 10.6. The van der Waals surface area contributed by atoms with Crippen molar-refractivity contribution in [1.82, 2.24) is 0 Å². The van der Waals surface area contributed by atoms with Gasteiger partial charge in [-0.15, -0.1) is 0 Å². The Morgan fingerprint density at radius 1 is 0.500 bits per heavy atom. The molecule has 4 aromatic rings. The summed E-state index contributed by atoms with van der Waals surface area (Å²) in [5.74, 6) is 1.01. The maximum atomic E-state index is 12.7. The van der Waals surface area contributed by atoms with Crippen LogP contribution in [0.2, 0.25) is 38.3 Å². The summed E-state index contributed by atoms with van der Waals surface area (Å²) in [6.45, 7) is 9.57. The van der Waals surface area contributed by atoms with Crippen LogP contribution in [-0.4, -0.2) is 28.0 Å². The van der Waals surface area contributed by atoms with Gasteiger partial charge in [-0.25, -0.2) is 0 Å². The number of hydrogen-bond acceptors (Lipinski definition) is 3. The van der Waals surface area contributed by atoms with Crippen LogP contribution in [0, 0.1) is 0 Å². The molecule has 0 aliphatic rings. The summed E-state index contributed by atoms with van der Waals surface area (Å²) in [7, 11) is -3.15. The summed E-state index contributed by atoms with van der Waals surface area (Å²) < 4.78 is 6.43. The van der Waals surface area contributed by atoms with Crippen molar-refractivity contribution in [3.8, 4) is 5.75 Å². The topological polar surface area (TPSA) is 43.4 Å². The molecule has 0 saturated carbocycles. The standard InChI is InChI=1S/C39H48O3Si2/c1-43(2,31-32-21-23-35(24-22-32)38(40)33-17-11-9-12-18-33)29-15-7-5-6-8-16-30-44(3,4)42-37-27-25-36(26-28-37)39(41)34-19-13-10-14-20-34/h9-14,17-28H,5-8,15-16,29-31H2,1-4H3. The van der Waals surface area contributed by atoms with Crippen LogP contribution in [0.25, 0.3) is 0 Å². The molecular formula is C39H48O3Si2. The van der Waals surface area contributed by atoms with Crippen molar-refractivity contribution in [3.05, 3.63) is 137 Å². The van der Waals surface area contributed by atoms with Gasteiger partial charge in [-0.3, -0.25) is 9.59 Å². The molecule has 44 heavy (non-hydrogen) atoms. The fourth-order valence-corrected chi connectivity index (χ4v) is 10.5. The Hall–Kier alpha value is -3.55. The van der Waals surface area contributed by atoms with Crippen molar-refractivity contribution in [2.24, 2.45) is 0 Å². The zero-order valence-electron chi connectivity index (χ0n) is 27.0. The molecule has 4 aromatic carbocycles. The van der Waals surface area contributed by atoms with Crippen molar-refractivity contribution in [2.45, 2.75) is 82.8 Å². The van der Waals surface area contributed by atoms with Crippen molar-refractivity contribution >= 4 is 28.0 Å². The number of ketones is 2. The normalized spacial score (nSPS) is 11.7. The van der Waals surface area contributed by atoms with E-state index in [4.69, 9.17) is 4.43 Å². The third-order valence-corrected chi connectivity index (χ3v) is 13.8. The highest BCUT2D eigenvalue weighted by Crippen LogP contribution is 2.24. The van der Waals surface area contributed by atoms with Crippen LogP contribution in [0.4, 0.5) is 0 Å². The van der Waals surface area contributed by atoms with E-state index in [1.807, 2.05) is 97.1 Å². The highest BCUT2D eigenvalue weighted by molar-refractivity contribution is 6.76. The first-order valence-corrected chi connectivity index (χ1v) is 22.7. The minimum Gasteiger partial charge on any atom is -0.544 e. The van der Waals surface area contributed by atoms with Gasteiger partial charge in [0.2, 0.25) is 8.32 Å². The molecule has 0 atom stereocenters. The van der Waals surface area contributed by atoms with Gasteiger partial charge in [0.05, 0.1) is 8.07 Å². The van der Waals surface area contributed by atoms with Gasteiger partial charge in [0.15, 0.2) is 11.6 Å². The van der Waals surface area contributed by atoms with Gasteiger partial charge in [-0.2, -0.15) is 0 Å². The van der Waals surface area contributed by atoms with E-state index < -0.39 is 16.4 Å². The number of carbonyl (C=O) groups excluding carboxylic acids is 2. The monoisotopic (exact) mass is 620 g/mol. The van der Waals surface area contributed by atoms with Crippen LogP contribution in [0.15, 0.2) is 109 Å². The molecule has 0 unspecified atom stereocenters. The maximum Gasteiger partial charge on any atom is 0.245 e. The lowest BCUT2D eigenvalue weighted by molar-refractivity contribution is 0.103. The van der Waals surface area contributed by atoms with Gasteiger partial charge in [-0.05, 0) is 49.4 Å². The summed E-state index contributed by atoms with van der Waals surface area (Å²) in [5.41, 5.74) is 4.27. The van der Waals surface area contributed by atoms with E-state index in [1.54, 1.807) is 0 Å². The lowest BCUT2D eigenvalue weighted by Gasteiger charge is -2.24. The predicted molar refractivity (Wildman–Crippen MR) is 189 cm³/mol. The van der Waals surface area contributed by atoms with Gasteiger partial charge < -0.3 is 4.43 Å². The van der Waals surface area contributed by atoms with Gasteiger partial charge >= 0.3 is 0 Å². The van der Waals surface area contributed by atoms with Crippen LogP contribution < -0.4 is 4.43 Å². The molecule has 0 heterocycles. The van der Waals surface area contributed by atoms with E-state index >= 15 is 0 Å². The Kier molecular flexibility index (Phi) is 12.1. The third-order valence-electron chi connectivity index (χ3n) is 8.36. The van der Waals surface area contributed by atoms with Gasteiger partial charge in [-0.1, -0.05) is 148 Å². The lowest BCUT2D eigenvalue weighted by Crippen LogP contribution is -2.33. The molecule has 0 fully saturated rings. The largest absolute Gasteiger partial charge is 0.544 e. The Labute approximate surface area is 266 Å². The summed E-state index contributed by atoms with van der Waals surface area (Å²) in [6, 6.07) is 38.5. The molecule has 3 nitrogen and oxygen atoms in total. The Morgan fingerprint density at radius 2 is 0.909 bits per heavy atom. The first-order chi connectivity index (χ1) is 21.1. The van der Waals surface area contributed by atoms with Crippen molar-refractivity contribution in [1.29, 1.82) is 0 Å². The lowest BCUT2D eigenvalue weighted by atomic mass is 10.0. The average Bonchev–Trinajstić information content (AvgIpc) is 3.03. The molecule has 0 saturated heterocycles. The van der Waals surface area contributed by atoms with E-state index in [0.717, 1.165) is 22.9 Å². The fourth-order valence-electron chi connectivity index (χ4n) is 5.83. The van der Waals surface area contributed by atoms with E-state index in [-0.39, 0.29) is 11.6 Å². The number of benzene rings is 4. The molecule has 0 aliphatic heterocycles. The molecule has 0 bridgehead atoms. The quantitative estimate of drug-likeness (QED) is 0.0670. The first kappa shape index (κ1) is 33.3. The van der Waals surface area contributed by atoms with E-state index in [2.05, 4.69) is 38.3 Å². The van der Waals surface area contributed by atoms with Crippen molar-refractivity contribution in [3.63, 3.8) is 0 Å². The number of hydrogen-bond donors (Lipinski definition) is 0. The summed E-state index contributed by atoms with van der Waals surface area (Å²) >= 11 is 0. The van der Waals surface area contributed by atoms with E-state index in [9.17, 15) is 9.59 Å². The Balaban J connectivity index is 1.09. The van der Waals surface area contributed by atoms with Crippen LogP contribution >= 0.6 is 0 Å². The van der Waals surface area contributed by atoms with Crippen molar-refractivity contribution in [2.75, 3.05) is 0 Å². The summed E-state index contributed by atoms with van der Waals surface area (Å²) in [4.78, 5) is 25.4. The van der Waals surface area contributed by atoms with Gasteiger partial charge in [0.1, 0.15) is 5.75 Å². The number of rotatable bonds is 17. The van der Waals surface area contributed by atoms with Gasteiger partial charge in [0, 0.05) is 22.3 Å². The van der Waals surface area contributed by atoms with Crippen LogP contribution in [0.3, 0.4) is 0 Å². The Morgan fingerprint density at radius 3 is 1.41 bits per heavy atom. The molecule has 0 radical (unpaired) electrons. The molecule has 0 amide bonds. The third kappa shape index (κ3) is 10.6. The number of carbonyl (C=O) groups is 2. The SMILES string of the molecule is C[Si](C)(CCCCCCCC[Si](C)(C)Oc1ccc(C(=O)c2ccccc2)cc1)Cc1ccc(C(=O)c2ccccc2)cc1. The Bertz CT molecular complexity index is 1350. The smallest absolute Gasteiger partial charge is 0.245 e. The molecule has 4 rings (SSSR count). The van der Waals surface area contributed by atoms with Gasteiger partial charge in [0.25, 0.3) is 0 Å². The molecule has 230 valence electrons. The van der Waals surface area contributed by atoms with Crippen LogP contribution in [-0.2, 0) is 6.04 Å². The second-order valence-electron chi connectivity index (χ2n) is 13.4. The molecule has 5 heteroatoms. The molecule has 0 spiro atoms. The number of unbranched alkanes of at least 4 members (excludes halogenated alkanes) is 5. The molecule has 0 N–H and O–H groups in total. The second-order valence-corrected chi connectivity index (χ2v) is 22.8. The minimum absolute atomic E-state index is 0.0442. The highest BCUT2D eigenvalue weighted by atomic mass is 28.4. The summed E-state index contributed by atoms with van der Waals surface area (Å²) in [6.07, 6.45) is 7.70. The molecule has 0 aliphatic carbocycles. The molecule has 0 aromatic heterocycles. The highest BCUT2D eigenvalue weighted by Gasteiger charge is 2.24. The van der Waals surface area contributed by atoms with Crippen LogP contribution in [0.1, 0.15) is 75.9 Å².